The molecule has 3 heteroatoms. The molecular weight excluding hydrogens is 222 g/mol. The van der Waals surface area contributed by atoms with Crippen LogP contribution in [0.2, 0.25) is 0 Å². The van der Waals surface area contributed by atoms with E-state index in [4.69, 9.17) is 5.73 Å². The van der Waals surface area contributed by atoms with Crippen LogP contribution in [-0.4, -0.2) is 30.1 Å². The van der Waals surface area contributed by atoms with Crippen molar-refractivity contribution in [2.45, 2.75) is 19.9 Å². The first-order valence-electron chi connectivity index (χ1n) is 6.38. The SMILES string of the molecule is Cc1cc(C)c2c(C(CN)N(C)C)cn(C)c2c1. The first-order valence-corrected chi connectivity index (χ1v) is 6.38. The van der Waals surface area contributed by atoms with E-state index in [-0.39, 0.29) is 6.04 Å². The van der Waals surface area contributed by atoms with E-state index >= 15 is 0 Å². The van der Waals surface area contributed by atoms with Crippen LogP contribution in [-0.2, 0) is 7.05 Å². The van der Waals surface area contributed by atoms with Crippen molar-refractivity contribution in [3.8, 4) is 0 Å². The van der Waals surface area contributed by atoms with Crippen LogP contribution in [0.3, 0.4) is 0 Å². The van der Waals surface area contributed by atoms with Gasteiger partial charge in [0.1, 0.15) is 0 Å². The summed E-state index contributed by atoms with van der Waals surface area (Å²) in [7, 11) is 6.27. The Kier molecular flexibility index (Phi) is 3.46. The first kappa shape index (κ1) is 13.1. The smallest absolute Gasteiger partial charge is 0.0486 e. The second-order valence-corrected chi connectivity index (χ2v) is 5.39. The highest BCUT2D eigenvalue weighted by Gasteiger charge is 2.19. The maximum Gasteiger partial charge on any atom is 0.0486 e. The van der Waals surface area contributed by atoms with Gasteiger partial charge in [-0.1, -0.05) is 6.07 Å². The molecule has 1 atom stereocenters. The summed E-state index contributed by atoms with van der Waals surface area (Å²) in [6, 6.07) is 4.76. The van der Waals surface area contributed by atoms with E-state index < -0.39 is 0 Å². The van der Waals surface area contributed by atoms with Crippen molar-refractivity contribution in [3.05, 3.63) is 35.0 Å². The normalized spacial score (nSPS) is 13.5. The number of nitrogens with two attached hydrogens (primary N) is 1. The molecule has 18 heavy (non-hydrogen) atoms. The van der Waals surface area contributed by atoms with Crippen molar-refractivity contribution >= 4 is 10.9 Å². The standard InChI is InChI=1S/C15H23N3/c1-10-6-11(2)15-12(14(8-16)17(3)4)9-18(5)13(15)7-10/h6-7,9,14H,8,16H2,1-5H3. The molecule has 1 aromatic carbocycles. The van der Waals surface area contributed by atoms with E-state index in [1.807, 2.05) is 0 Å². The van der Waals surface area contributed by atoms with Gasteiger partial charge in [0.25, 0.3) is 0 Å². The molecule has 0 saturated carbocycles. The van der Waals surface area contributed by atoms with E-state index in [1.54, 1.807) is 0 Å². The summed E-state index contributed by atoms with van der Waals surface area (Å²) < 4.78 is 2.21. The molecule has 0 spiro atoms. The molecule has 1 unspecified atom stereocenters. The van der Waals surface area contributed by atoms with Gasteiger partial charge < -0.3 is 15.2 Å². The Hall–Kier alpha value is -1.32. The van der Waals surface area contributed by atoms with Crippen molar-refractivity contribution in [1.29, 1.82) is 0 Å². The van der Waals surface area contributed by atoms with Gasteiger partial charge in [-0.25, -0.2) is 0 Å². The number of aryl methyl sites for hydroxylation is 3. The topological polar surface area (TPSA) is 34.2 Å². The first-order chi connectivity index (χ1) is 8.45. The Morgan fingerprint density at radius 3 is 2.50 bits per heavy atom. The van der Waals surface area contributed by atoms with Crippen LogP contribution >= 0.6 is 0 Å². The van der Waals surface area contributed by atoms with E-state index in [0.717, 1.165) is 0 Å². The van der Waals surface area contributed by atoms with Crippen LogP contribution < -0.4 is 5.73 Å². The molecule has 2 N–H and O–H groups in total. The summed E-state index contributed by atoms with van der Waals surface area (Å²) >= 11 is 0. The molecule has 0 amide bonds. The minimum absolute atomic E-state index is 0.273. The summed E-state index contributed by atoms with van der Waals surface area (Å²) in [4.78, 5) is 2.19. The van der Waals surface area contributed by atoms with Crippen molar-refractivity contribution in [2.75, 3.05) is 20.6 Å². The summed E-state index contributed by atoms with van der Waals surface area (Å²) in [5, 5.41) is 1.35. The van der Waals surface area contributed by atoms with Crippen LogP contribution in [0.5, 0.6) is 0 Å². The summed E-state index contributed by atoms with van der Waals surface area (Å²) in [5.41, 5.74) is 11.2. The zero-order valence-electron chi connectivity index (χ0n) is 12.0. The van der Waals surface area contributed by atoms with Crippen molar-refractivity contribution in [2.24, 2.45) is 12.8 Å². The summed E-state index contributed by atoms with van der Waals surface area (Å²) in [5.74, 6) is 0. The van der Waals surface area contributed by atoms with E-state index in [9.17, 15) is 0 Å². The molecule has 0 radical (unpaired) electrons. The van der Waals surface area contributed by atoms with Gasteiger partial charge in [0, 0.05) is 36.7 Å². The Labute approximate surface area is 109 Å². The molecule has 0 aliphatic heterocycles. The number of nitrogens with zero attached hydrogens (tertiary/aromatic N) is 2. The van der Waals surface area contributed by atoms with Gasteiger partial charge >= 0.3 is 0 Å². The van der Waals surface area contributed by atoms with Crippen molar-refractivity contribution < 1.29 is 0 Å². The number of hydrogen-bond donors (Lipinski definition) is 1. The zero-order chi connectivity index (χ0) is 13.4. The minimum atomic E-state index is 0.273. The third kappa shape index (κ3) is 2.04. The van der Waals surface area contributed by atoms with E-state index in [1.165, 1.54) is 27.6 Å². The lowest BCUT2D eigenvalue weighted by Crippen LogP contribution is -2.27. The molecule has 0 aliphatic rings. The molecule has 98 valence electrons. The lowest BCUT2D eigenvalue weighted by Gasteiger charge is -2.22. The third-order valence-corrected chi connectivity index (χ3v) is 3.67. The number of aromatic nitrogens is 1. The fraction of sp³-hybridized carbons (Fsp3) is 0.467. The van der Waals surface area contributed by atoms with Crippen molar-refractivity contribution in [3.63, 3.8) is 0 Å². The Morgan fingerprint density at radius 1 is 1.28 bits per heavy atom. The quantitative estimate of drug-likeness (QED) is 0.900. The monoisotopic (exact) mass is 245 g/mol. The van der Waals surface area contributed by atoms with Gasteiger partial charge in [-0.3, -0.25) is 0 Å². The molecule has 1 heterocycles. The van der Waals surface area contributed by atoms with Gasteiger partial charge in [-0.2, -0.15) is 0 Å². The van der Waals surface area contributed by atoms with Crippen LogP contribution in [0.1, 0.15) is 22.7 Å². The molecule has 0 aliphatic carbocycles. The summed E-state index contributed by atoms with van der Waals surface area (Å²) in [6.45, 7) is 4.97. The minimum Gasteiger partial charge on any atom is -0.350 e. The molecule has 2 rings (SSSR count). The van der Waals surface area contributed by atoms with Crippen LogP contribution in [0.15, 0.2) is 18.3 Å². The maximum atomic E-state index is 5.94. The second-order valence-electron chi connectivity index (χ2n) is 5.39. The highest BCUT2D eigenvalue weighted by Crippen LogP contribution is 2.31. The Morgan fingerprint density at radius 2 is 1.94 bits per heavy atom. The van der Waals surface area contributed by atoms with Crippen LogP contribution in [0.25, 0.3) is 10.9 Å². The summed E-state index contributed by atoms with van der Waals surface area (Å²) in [6.07, 6.45) is 2.22. The predicted octanol–water partition coefficient (Wildman–Crippen LogP) is 2.36. The van der Waals surface area contributed by atoms with Crippen LogP contribution in [0.4, 0.5) is 0 Å². The third-order valence-electron chi connectivity index (χ3n) is 3.67. The molecule has 3 nitrogen and oxygen atoms in total. The molecule has 1 aromatic heterocycles. The van der Waals surface area contributed by atoms with Crippen LogP contribution in [0, 0.1) is 13.8 Å². The van der Waals surface area contributed by atoms with Gasteiger partial charge in [0.2, 0.25) is 0 Å². The molecule has 0 bridgehead atoms. The number of fused-ring (bicyclic) bond motifs is 1. The Bertz CT molecular complexity index is 567. The van der Waals surface area contributed by atoms with Gasteiger partial charge in [-0.05, 0) is 50.7 Å². The average molecular weight is 245 g/mol. The maximum absolute atomic E-state index is 5.94. The molecule has 0 saturated heterocycles. The number of hydrogen-bond acceptors (Lipinski definition) is 2. The Balaban J connectivity index is 2.73. The highest BCUT2D eigenvalue weighted by molar-refractivity contribution is 5.88. The highest BCUT2D eigenvalue weighted by atomic mass is 15.1. The van der Waals surface area contributed by atoms with Gasteiger partial charge in [0.05, 0.1) is 0 Å². The number of rotatable bonds is 3. The van der Waals surface area contributed by atoms with Crippen molar-refractivity contribution in [1.82, 2.24) is 9.47 Å². The second kappa shape index (κ2) is 4.75. The van der Waals surface area contributed by atoms with Gasteiger partial charge in [-0.15, -0.1) is 0 Å². The van der Waals surface area contributed by atoms with E-state index in [2.05, 4.69) is 62.8 Å². The number of benzene rings is 1. The lowest BCUT2D eigenvalue weighted by molar-refractivity contribution is 0.307. The number of likely N-dealkylation sites (N-methyl/N-ethyl adjacent to an activating group) is 1. The fourth-order valence-electron chi connectivity index (χ4n) is 2.81. The molecule has 2 aromatic rings. The predicted molar refractivity (Wildman–Crippen MR) is 77.9 cm³/mol. The van der Waals surface area contributed by atoms with E-state index in [0.29, 0.717) is 6.54 Å². The molecule has 0 fully saturated rings. The largest absolute Gasteiger partial charge is 0.350 e. The zero-order valence-corrected chi connectivity index (χ0v) is 12.0. The lowest BCUT2D eigenvalue weighted by atomic mass is 10.00. The van der Waals surface area contributed by atoms with Gasteiger partial charge in [0.15, 0.2) is 0 Å². The average Bonchev–Trinajstić information content (AvgIpc) is 2.57. The fourth-order valence-corrected chi connectivity index (χ4v) is 2.81. The molecular formula is C15H23N3.